The second-order valence-electron chi connectivity index (χ2n) is 9.28. The average molecular weight is 449 g/mol. The highest BCUT2D eigenvalue weighted by Crippen LogP contribution is 2.38. The number of ketones is 1. The summed E-state index contributed by atoms with van der Waals surface area (Å²) in [4.78, 5) is 40.1. The Kier molecular flexibility index (Phi) is 8.43. The number of carbonyl (C=O) groups is 3. The Morgan fingerprint density at radius 2 is 1.58 bits per heavy atom. The van der Waals surface area contributed by atoms with E-state index in [1.807, 2.05) is 66.4 Å². The first-order valence-electron chi connectivity index (χ1n) is 12.1. The van der Waals surface area contributed by atoms with E-state index in [2.05, 4.69) is 19.2 Å². The van der Waals surface area contributed by atoms with Crippen molar-refractivity contribution < 1.29 is 14.4 Å². The zero-order chi connectivity index (χ0) is 23.8. The number of rotatable bonds is 9. The molecule has 0 saturated carbocycles. The molecule has 0 unspecified atom stereocenters. The van der Waals surface area contributed by atoms with Gasteiger partial charge in [-0.15, -0.1) is 0 Å². The van der Waals surface area contributed by atoms with Gasteiger partial charge in [-0.25, -0.2) is 0 Å². The van der Waals surface area contributed by atoms with Crippen molar-refractivity contribution in [2.24, 2.45) is 0 Å². The Hall–Kier alpha value is -2.95. The van der Waals surface area contributed by atoms with Gasteiger partial charge in [-0.1, -0.05) is 63.2 Å². The maximum absolute atomic E-state index is 13.1. The molecule has 5 heteroatoms. The molecule has 176 valence electrons. The van der Waals surface area contributed by atoms with Crippen molar-refractivity contribution in [1.82, 2.24) is 10.2 Å². The highest BCUT2D eigenvalue weighted by Gasteiger charge is 2.42. The largest absolute Gasteiger partial charge is 0.352 e. The molecule has 5 nitrogen and oxygen atoms in total. The third kappa shape index (κ3) is 5.89. The Bertz CT molecular complexity index is 943. The van der Waals surface area contributed by atoms with E-state index >= 15 is 0 Å². The first-order valence-corrected chi connectivity index (χ1v) is 12.1. The molecule has 0 aliphatic carbocycles. The molecule has 2 amide bonds. The van der Waals surface area contributed by atoms with Crippen molar-refractivity contribution in [3.05, 3.63) is 71.3 Å². The molecule has 33 heavy (non-hydrogen) atoms. The summed E-state index contributed by atoms with van der Waals surface area (Å²) in [6, 6.07) is 17.6. The molecular formula is C28H36N2O3. The van der Waals surface area contributed by atoms with Crippen LogP contribution >= 0.6 is 0 Å². The van der Waals surface area contributed by atoms with E-state index in [1.54, 1.807) is 0 Å². The van der Waals surface area contributed by atoms with Crippen molar-refractivity contribution in [3.8, 4) is 0 Å². The lowest BCUT2D eigenvalue weighted by atomic mass is 9.68. The van der Waals surface area contributed by atoms with Gasteiger partial charge >= 0.3 is 0 Å². The minimum Gasteiger partial charge on any atom is -0.352 e. The van der Waals surface area contributed by atoms with Gasteiger partial charge in [-0.2, -0.15) is 0 Å². The van der Waals surface area contributed by atoms with Gasteiger partial charge in [0.25, 0.3) is 5.91 Å². The molecule has 2 aromatic rings. The van der Waals surface area contributed by atoms with E-state index in [4.69, 9.17) is 0 Å². The molecule has 0 aromatic heterocycles. The number of nitrogens with zero attached hydrogens (tertiary/aromatic N) is 1. The summed E-state index contributed by atoms with van der Waals surface area (Å²) in [5.74, 6) is 0.557. The maximum atomic E-state index is 13.1. The number of hydrogen-bond acceptors (Lipinski definition) is 3. The normalized spacial score (nSPS) is 15.3. The molecule has 1 aliphatic heterocycles. The minimum atomic E-state index is -0.496. The SMILES string of the molecule is CCCC(=O)C1(c2ccccc2)CCN(C(=O)CCNC(=O)c2ccc(C(C)C)cc2)CC1. The molecule has 0 bridgehead atoms. The zero-order valence-electron chi connectivity index (χ0n) is 20.1. The summed E-state index contributed by atoms with van der Waals surface area (Å²) in [5, 5.41) is 2.85. The Morgan fingerprint density at radius 1 is 0.939 bits per heavy atom. The predicted octanol–water partition coefficient (Wildman–Crippen LogP) is 4.86. The van der Waals surface area contributed by atoms with Crippen LogP contribution in [0.2, 0.25) is 0 Å². The van der Waals surface area contributed by atoms with Crippen LogP contribution in [-0.2, 0) is 15.0 Å². The number of amides is 2. The number of nitrogens with one attached hydrogen (secondary N) is 1. The molecule has 1 fully saturated rings. The van der Waals surface area contributed by atoms with Crippen molar-refractivity contribution in [3.63, 3.8) is 0 Å². The summed E-state index contributed by atoms with van der Waals surface area (Å²) in [5.41, 5.74) is 2.36. The van der Waals surface area contributed by atoms with Gasteiger partial charge in [-0.05, 0) is 48.4 Å². The van der Waals surface area contributed by atoms with Gasteiger partial charge in [-0.3, -0.25) is 14.4 Å². The standard InChI is InChI=1S/C28H36N2O3/c1-4-8-25(31)28(24-9-6-5-7-10-24)16-19-30(20-17-28)26(32)15-18-29-27(33)23-13-11-22(12-14-23)21(2)3/h5-7,9-14,21H,4,8,15-20H2,1-3H3,(H,29,33). The quantitative estimate of drug-likeness (QED) is 0.596. The van der Waals surface area contributed by atoms with Crippen LogP contribution in [-0.4, -0.2) is 42.1 Å². The van der Waals surface area contributed by atoms with E-state index < -0.39 is 5.41 Å². The van der Waals surface area contributed by atoms with Crippen LogP contribution in [0.3, 0.4) is 0 Å². The van der Waals surface area contributed by atoms with Gasteiger partial charge in [0.05, 0.1) is 5.41 Å². The number of carbonyl (C=O) groups excluding carboxylic acids is 3. The molecule has 1 aliphatic rings. The van der Waals surface area contributed by atoms with E-state index in [0.29, 0.717) is 50.4 Å². The molecule has 1 heterocycles. The van der Waals surface area contributed by atoms with Crippen LogP contribution in [0.5, 0.6) is 0 Å². The average Bonchev–Trinajstić information content (AvgIpc) is 2.84. The van der Waals surface area contributed by atoms with Gasteiger partial charge in [0.15, 0.2) is 0 Å². The third-order valence-corrected chi connectivity index (χ3v) is 6.77. The first-order chi connectivity index (χ1) is 15.9. The summed E-state index contributed by atoms with van der Waals surface area (Å²) in [6.45, 7) is 7.69. The van der Waals surface area contributed by atoms with Crippen molar-refractivity contribution in [2.75, 3.05) is 19.6 Å². The molecule has 1 N–H and O–H groups in total. The van der Waals surface area contributed by atoms with Crippen LogP contribution < -0.4 is 5.32 Å². The topological polar surface area (TPSA) is 66.5 Å². The molecular weight excluding hydrogens is 412 g/mol. The van der Waals surface area contributed by atoms with Crippen molar-refractivity contribution >= 4 is 17.6 Å². The van der Waals surface area contributed by atoms with E-state index in [0.717, 1.165) is 12.0 Å². The number of hydrogen-bond donors (Lipinski definition) is 1. The van der Waals surface area contributed by atoms with E-state index in [9.17, 15) is 14.4 Å². The Labute approximate surface area is 197 Å². The van der Waals surface area contributed by atoms with Gasteiger partial charge < -0.3 is 10.2 Å². The number of piperidine rings is 1. The smallest absolute Gasteiger partial charge is 0.251 e. The predicted molar refractivity (Wildman–Crippen MR) is 131 cm³/mol. The lowest BCUT2D eigenvalue weighted by Crippen LogP contribution is -2.49. The monoisotopic (exact) mass is 448 g/mol. The summed E-state index contributed by atoms with van der Waals surface area (Å²) in [7, 11) is 0. The molecule has 1 saturated heterocycles. The number of benzene rings is 2. The fourth-order valence-electron chi connectivity index (χ4n) is 4.65. The summed E-state index contributed by atoms with van der Waals surface area (Å²) in [6.07, 6.45) is 2.95. The Morgan fingerprint density at radius 3 is 2.15 bits per heavy atom. The maximum Gasteiger partial charge on any atom is 0.251 e. The minimum absolute atomic E-state index is 0.0232. The van der Waals surface area contributed by atoms with Crippen LogP contribution in [0, 0.1) is 0 Å². The van der Waals surface area contributed by atoms with Crippen molar-refractivity contribution in [1.29, 1.82) is 0 Å². The molecule has 2 aromatic carbocycles. The summed E-state index contributed by atoms with van der Waals surface area (Å²) < 4.78 is 0. The van der Waals surface area contributed by atoms with Crippen LogP contribution in [0.25, 0.3) is 0 Å². The van der Waals surface area contributed by atoms with E-state index in [-0.39, 0.29) is 24.0 Å². The number of likely N-dealkylation sites (tertiary alicyclic amines) is 1. The fraction of sp³-hybridized carbons (Fsp3) is 0.464. The lowest BCUT2D eigenvalue weighted by Gasteiger charge is -2.41. The Balaban J connectivity index is 1.53. The van der Waals surface area contributed by atoms with Crippen molar-refractivity contribution in [2.45, 2.75) is 64.2 Å². The van der Waals surface area contributed by atoms with Gasteiger partial charge in [0, 0.05) is 38.0 Å². The van der Waals surface area contributed by atoms with Gasteiger partial charge in [0.1, 0.15) is 5.78 Å². The highest BCUT2D eigenvalue weighted by molar-refractivity contribution is 5.94. The second-order valence-corrected chi connectivity index (χ2v) is 9.28. The third-order valence-electron chi connectivity index (χ3n) is 6.77. The molecule has 0 radical (unpaired) electrons. The van der Waals surface area contributed by atoms with Crippen LogP contribution in [0.4, 0.5) is 0 Å². The molecule has 0 spiro atoms. The lowest BCUT2D eigenvalue weighted by molar-refractivity contribution is -0.136. The van der Waals surface area contributed by atoms with Crippen LogP contribution in [0.15, 0.2) is 54.6 Å². The fourth-order valence-corrected chi connectivity index (χ4v) is 4.65. The van der Waals surface area contributed by atoms with E-state index in [1.165, 1.54) is 5.56 Å². The summed E-state index contributed by atoms with van der Waals surface area (Å²) >= 11 is 0. The second kappa shape index (κ2) is 11.3. The van der Waals surface area contributed by atoms with Gasteiger partial charge in [0.2, 0.25) is 5.91 Å². The first kappa shape index (κ1) is 24.7. The highest BCUT2D eigenvalue weighted by atomic mass is 16.2. The molecule has 0 atom stereocenters. The number of Topliss-reactive ketones (excluding diaryl/α,β-unsaturated/α-hetero) is 1. The zero-order valence-corrected chi connectivity index (χ0v) is 20.1. The van der Waals surface area contributed by atoms with Crippen LogP contribution in [0.1, 0.15) is 80.3 Å². The molecule has 3 rings (SSSR count).